The van der Waals surface area contributed by atoms with E-state index < -0.39 is 5.97 Å². The van der Waals surface area contributed by atoms with E-state index in [9.17, 15) is 4.79 Å². The summed E-state index contributed by atoms with van der Waals surface area (Å²) >= 11 is 0. The summed E-state index contributed by atoms with van der Waals surface area (Å²) < 4.78 is 4.89. The molecule has 0 aliphatic carbocycles. The van der Waals surface area contributed by atoms with E-state index in [1.54, 1.807) is 24.7 Å². The van der Waals surface area contributed by atoms with E-state index in [4.69, 9.17) is 9.52 Å². The molecule has 2 rings (SSSR count). The van der Waals surface area contributed by atoms with Crippen molar-refractivity contribution in [3.05, 3.63) is 42.5 Å². The number of aromatic nitrogens is 1. The zero-order valence-corrected chi connectivity index (χ0v) is 7.18. The van der Waals surface area contributed by atoms with Gasteiger partial charge in [-0.1, -0.05) is 0 Å². The van der Waals surface area contributed by atoms with Crippen LogP contribution in [0, 0.1) is 0 Å². The van der Waals surface area contributed by atoms with Crippen LogP contribution in [0.4, 0.5) is 0 Å². The minimum absolute atomic E-state index is 0.178. The average molecular weight is 189 g/mol. The maximum absolute atomic E-state index is 10.5. The Hall–Kier alpha value is -2.10. The normalized spacial score (nSPS) is 10.0. The van der Waals surface area contributed by atoms with Crippen molar-refractivity contribution in [1.29, 1.82) is 0 Å². The lowest BCUT2D eigenvalue weighted by molar-refractivity contribution is 0.0696. The molecule has 0 fully saturated rings. The van der Waals surface area contributed by atoms with Crippen molar-refractivity contribution in [2.45, 2.75) is 0 Å². The first-order valence-electron chi connectivity index (χ1n) is 3.99. The number of carboxylic acid groups (broad SMARTS) is 1. The van der Waals surface area contributed by atoms with Crippen LogP contribution in [0.2, 0.25) is 0 Å². The molecule has 14 heavy (non-hydrogen) atoms. The Morgan fingerprint density at radius 1 is 1.36 bits per heavy atom. The fraction of sp³-hybridized carbons (Fsp3) is 0. The third-order valence-corrected chi connectivity index (χ3v) is 1.83. The molecule has 70 valence electrons. The zero-order valence-electron chi connectivity index (χ0n) is 7.18. The Bertz CT molecular complexity index is 431. The van der Waals surface area contributed by atoms with Gasteiger partial charge in [-0.25, -0.2) is 4.79 Å². The smallest absolute Gasteiger partial charge is 0.337 e. The maximum atomic E-state index is 10.5. The number of carboxylic acids is 1. The highest BCUT2D eigenvalue weighted by Crippen LogP contribution is 2.16. The van der Waals surface area contributed by atoms with Gasteiger partial charge in [0, 0.05) is 11.8 Å². The summed E-state index contributed by atoms with van der Waals surface area (Å²) in [4.78, 5) is 14.5. The second kappa shape index (κ2) is 3.33. The van der Waals surface area contributed by atoms with Crippen LogP contribution in [-0.4, -0.2) is 16.1 Å². The van der Waals surface area contributed by atoms with E-state index in [-0.39, 0.29) is 5.56 Å². The second-order valence-corrected chi connectivity index (χ2v) is 2.75. The monoisotopic (exact) mass is 189 g/mol. The van der Waals surface area contributed by atoms with Crippen LogP contribution in [0.5, 0.6) is 0 Å². The van der Waals surface area contributed by atoms with Crippen LogP contribution < -0.4 is 0 Å². The molecule has 0 aliphatic rings. The standard InChI is InChI=1S/C10H7NO3/c12-10(13)7-1-2-9(11-5-7)8-3-4-14-6-8/h1-6H,(H,12,13). The molecule has 4 heteroatoms. The van der Waals surface area contributed by atoms with Gasteiger partial charge in [0.05, 0.1) is 23.8 Å². The van der Waals surface area contributed by atoms with Gasteiger partial charge in [-0.05, 0) is 18.2 Å². The fourth-order valence-electron chi connectivity index (χ4n) is 1.10. The van der Waals surface area contributed by atoms with Gasteiger partial charge in [0.1, 0.15) is 0 Å². The summed E-state index contributed by atoms with van der Waals surface area (Å²) in [5.74, 6) is -0.976. The van der Waals surface area contributed by atoms with E-state index in [1.807, 2.05) is 0 Å². The van der Waals surface area contributed by atoms with Crippen molar-refractivity contribution in [2.24, 2.45) is 0 Å². The third kappa shape index (κ3) is 1.50. The molecule has 0 atom stereocenters. The number of pyridine rings is 1. The van der Waals surface area contributed by atoms with Crippen molar-refractivity contribution in [3.8, 4) is 11.3 Å². The molecule has 2 heterocycles. The predicted molar refractivity (Wildman–Crippen MR) is 48.9 cm³/mol. The second-order valence-electron chi connectivity index (χ2n) is 2.75. The lowest BCUT2D eigenvalue weighted by Gasteiger charge is -1.96. The molecular weight excluding hydrogens is 182 g/mol. The van der Waals surface area contributed by atoms with Crippen molar-refractivity contribution >= 4 is 5.97 Å². The summed E-state index contributed by atoms with van der Waals surface area (Å²) in [5, 5.41) is 8.65. The van der Waals surface area contributed by atoms with E-state index in [0.717, 1.165) is 5.56 Å². The molecular formula is C10H7NO3. The summed E-state index contributed by atoms with van der Waals surface area (Å²) in [6, 6.07) is 4.93. The van der Waals surface area contributed by atoms with Crippen molar-refractivity contribution in [2.75, 3.05) is 0 Å². The van der Waals surface area contributed by atoms with Crippen molar-refractivity contribution in [1.82, 2.24) is 4.98 Å². The maximum Gasteiger partial charge on any atom is 0.337 e. The Labute approximate surface area is 79.8 Å². The molecule has 0 bridgehead atoms. The summed E-state index contributed by atoms with van der Waals surface area (Å²) in [7, 11) is 0. The van der Waals surface area contributed by atoms with Gasteiger partial charge < -0.3 is 9.52 Å². The Kier molecular flexibility index (Phi) is 2.02. The van der Waals surface area contributed by atoms with E-state index in [1.165, 1.54) is 12.3 Å². The molecule has 0 saturated carbocycles. The summed E-state index contributed by atoms with van der Waals surface area (Å²) in [5.41, 5.74) is 1.71. The first-order chi connectivity index (χ1) is 6.77. The Balaban J connectivity index is 2.36. The highest BCUT2D eigenvalue weighted by atomic mass is 16.4. The molecule has 2 aromatic heterocycles. The molecule has 0 unspecified atom stereocenters. The number of furan rings is 1. The van der Waals surface area contributed by atoms with Gasteiger partial charge in [-0.2, -0.15) is 0 Å². The number of hydrogen-bond acceptors (Lipinski definition) is 3. The highest BCUT2D eigenvalue weighted by molar-refractivity contribution is 5.87. The van der Waals surface area contributed by atoms with Gasteiger partial charge in [0.2, 0.25) is 0 Å². The van der Waals surface area contributed by atoms with E-state index in [2.05, 4.69) is 4.98 Å². The van der Waals surface area contributed by atoms with E-state index in [0.29, 0.717) is 5.69 Å². The van der Waals surface area contributed by atoms with Crippen LogP contribution in [0.3, 0.4) is 0 Å². The SMILES string of the molecule is O=C(O)c1ccc(-c2ccoc2)nc1. The first-order valence-corrected chi connectivity index (χ1v) is 3.99. The quantitative estimate of drug-likeness (QED) is 0.785. The number of carbonyl (C=O) groups is 1. The molecule has 0 spiro atoms. The number of nitrogens with zero attached hydrogens (tertiary/aromatic N) is 1. The molecule has 0 aliphatic heterocycles. The van der Waals surface area contributed by atoms with Gasteiger partial charge in [0.25, 0.3) is 0 Å². The number of rotatable bonds is 2. The molecule has 1 N–H and O–H groups in total. The minimum Gasteiger partial charge on any atom is -0.478 e. The topological polar surface area (TPSA) is 63.3 Å². The van der Waals surface area contributed by atoms with Gasteiger partial charge in [-0.3, -0.25) is 4.98 Å². The first kappa shape index (κ1) is 8.50. The van der Waals surface area contributed by atoms with Crippen molar-refractivity contribution < 1.29 is 14.3 Å². The van der Waals surface area contributed by atoms with Gasteiger partial charge in [-0.15, -0.1) is 0 Å². The third-order valence-electron chi connectivity index (χ3n) is 1.83. The Morgan fingerprint density at radius 2 is 2.21 bits per heavy atom. The molecule has 0 radical (unpaired) electrons. The van der Waals surface area contributed by atoms with Crippen LogP contribution in [-0.2, 0) is 0 Å². The lowest BCUT2D eigenvalue weighted by Crippen LogP contribution is -1.96. The highest BCUT2D eigenvalue weighted by Gasteiger charge is 2.04. The number of hydrogen-bond donors (Lipinski definition) is 1. The molecule has 0 saturated heterocycles. The predicted octanol–water partition coefficient (Wildman–Crippen LogP) is 2.04. The van der Waals surface area contributed by atoms with Gasteiger partial charge in [0.15, 0.2) is 0 Å². The van der Waals surface area contributed by atoms with Crippen LogP contribution >= 0.6 is 0 Å². The zero-order chi connectivity index (χ0) is 9.97. The fourth-order valence-corrected chi connectivity index (χ4v) is 1.10. The minimum atomic E-state index is -0.976. The molecule has 0 amide bonds. The average Bonchev–Trinajstić information content (AvgIpc) is 2.71. The Morgan fingerprint density at radius 3 is 2.71 bits per heavy atom. The summed E-state index contributed by atoms with van der Waals surface area (Å²) in [6.45, 7) is 0. The molecule has 0 aromatic carbocycles. The van der Waals surface area contributed by atoms with Crippen LogP contribution in [0.15, 0.2) is 41.3 Å². The van der Waals surface area contributed by atoms with Crippen molar-refractivity contribution in [3.63, 3.8) is 0 Å². The lowest BCUT2D eigenvalue weighted by atomic mass is 10.2. The molecule has 4 nitrogen and oxygen atoms in total. The summed E-state index contributed by atoms with van der Waals surface area (Å²) in [6.07, 6.45) is 4.43. The number of aromatic carboxylic acids is 1. The van der Waals surface area contributed by atoms with Gasteiger partial charge >= 0.3 is 5.97 Å². The van der Waals surface area contributed by atoms with Crippen LogP contribution in [0.25, 0.3) is 11.3 Å². The van der Waals surface area contributed by atoms with E-state index >= 15 is 0 Å². The molecule has 2 aromatic rings. The largest absolute Gasteiger partial charge is 0.478 e. The van der Waals surface area contributed by atoms with Crippen LogP contribution in [0.1, 0.15) is 10.4 Å².